The number of thioether (sulfide) groups is 1. The van der Waals surface area contributed by atoms with E-state index < -0.39 is 0 Å². The van der Waals surface area contributed by atoms with E-state index in [1.165, 1.54) is 16.8 Å². The van der Waals surface area contributed by atoms with Gasteiger partial charge in [-0.15, -0.1) is 11.8 Å². The van der Waals surface area contributed by atoms with Crippen molar-refractivity contribution in [2.75, 3.05) is 37.6 Å². The van der Waals surface area contributed by atoms with Crippen LogP contribution in [0, 0.1) is 6.92 Å². The molecule has 0 spiro atoms. The fourth-order valence-electron chi connectivity index (χ4n) is 4.35. The van der Waals surface area contributed by atoms with Gasteiger partial charge in [0.05, 0.1) is 11.6 Å². The molecule has 1 amide bonds. The van der Waals surface area contributed by atoms with Crippen molar-refractivity contribution in [2.24, 2.45) is 0 Å². The molecule has 7 heteroatoms. The number of carbonyl (C=O) groups is 1. The summed E-state index contributed by atoms with van der Waals surface area (Å²) in [6, 6.07) is 8.73. The van der Waals surface area contributed by atoms with Crippen LogP contribution in [-0.4, -0.2) is 59.5 Å². The van der Waals surface area contributed by atoms with Crippen LogP contribution in [0.15, 0.2) is 30.6 Å². The highest BCUT2D eigenvalue weighted by atomic mass is 32.2. The molecule has 4 rings (SSSR count). The van der Waals surface area contributed by atoms with E-state index >= 15 is 0 Å². The minimum atomic E-state index is -0.158. The van der Waals surface area contributed by atoms with Crippen LogP contribution >= 0.6 is 11.8 Å². The van der Waals surface area contributed by atoms with Crippen molar-refractivity contribution in [3.05, 3.63) is 53.0 Å². The lowest BCUT2D eigenvalue weighted by Gasteiger charge is -2.38. The number of nitrogens with one attached hydrogen (secondary N) is 1. The second-order valence-electron chi connectivity index (χ2n) is 8.85. The number of benzene rings is 1. The summed E-state index contributed by atoms with van der Waals surface area (Å²) in [5.74, 6) is 2.08. The van der Waals surface area contributed by atoms with Crippen molar-refractivity contribution in [3.63, 3.8) is 0 Å². The molecule has 0 radical (unpaired) electrons. The lowest BCUT2D eigenvalue weighted by molar-refractivity contribution is -0.133. The predicted molar refractivity (Wildman–Crippen MR) is 128 cm³/mol. The quantitative estimate of drug-likeness (QED) is 0.743. The average Bonchev–Trinajstić information content (AvgIpc) is 3.16. The highest BCUT2D eigenvalue weighted by molar-refractivity contribution is 7.99. The molecule has 1 fully saturated rings. The van der Waals surface area contributed by atoms with Crippen LogP contribution in [-0.2, 0) is 10.5 Å². The molecule has 2 atom stereocenters. The Labute approximate surface area is 189 Å². The maximum absolute atomic E-state index is 13.5. The molecule has 2 aliphatic rings. The zero-order chi connectivity index (χ0) is 22.0. The zero-order valence-electron chi connectivity index (χ0n) is 19.0. The van der Waals surface area contributed by atoms with Crippen LogP contribution in [0.25, 0.3) is 0 Å². The van der Waals surface area contributed by atoms with Crippen molar-refractivity contribution in [2.45, 2.75) is 50.7 Å². The third-order valence-corrected chi connectivity index (χ3v) is 7.40. The van der Waals surface area contributed by atoms with Gasteiger partial charge in [-0.3, -0.25) is 4.79 Å². The van der Waals surface area contributed by atoms with Gasteiger partial charge in [-0.05, 0) is 19.4 Å². The normalized spacial score (nSPS) is 19.6. The summed E-state index contributed by atoms with van der Waals surface area (Å²) in [6.07, 6.45) is 1.69. The van der Waals surface area contributed by atoms with Crippen molar-refractivity contribution < 1.29 is 4.79 Å². The molecule has 0 aliphatic carbocycles. The number of aromatic nitrogens is 2. The molecule has 0 bridgehead atoms. The van der Waals surface area contributed by atoms with Crippen LogP contribution in [0.3, 0.4) is 0 Å². The largest absolute Gasteiger partial charge is 0.353 e. The van der Waals surface area contributed by atoms with Gasteiger partial charge in [0.25, 0.3) is 0 Å². The highest BCUT2D eigenvalue weighted by Crippen LogP contribution is 2.44. The zero-order valence-corrected chi connectivity index (χ0v) is 19.8. The molecular formula is C24H33N5OS. The lowest BCUT2D eigenvalue weighted by Crippen LogP contribution is -2.51. The van der Waals surface area contributed by atoms with Crippen molar-refractivity contribution in [1.29, 1.82) is 0 Å². The topological polar surface area (TPSA) is 61.4 Å². The van der Waals surface area contributed by atoms with E-state index in [1.54, 1.807) is 6.33 Å². The maximum Gasteiger partial charge on any atom is 0.231 e. The van der Waals surface area contributed by atoms with E-state index in [1.807, 2.05) is 16.7 Å². The van der Waals surface area contributed by atoms with Gasteiger partial charge >= 0.3 is 0 Å². The number of hydrogen-bond donors (Lipinski definition) is 1. The van der Waals surface area contributed by atoms with Gasteiger partial charge in [0.15, 0.2) is 0 Å². The molecule has 1 N–H and O–H groups in total. The van der Waals surface area contributed by atoms with E-state index in [0.717, 1.165) is 43.3 Å². The molecule has 2 unspecified atom stereocenters. The Bertz CT molecular complexity index is 909. The average molecular weight is 440 g/mol. The summed E-state index contributed by atoms with van der Waals surface area (Å²) >= 11 is 1.92. The number of hydrogen-bond acceptors (Lipinski definition) is 6. The van der Waals surface area contributed by atoms with Crippen LogP contribution in [0.2, 0.25) is 0 Å². The summed E-state index contributed by atoms with van der Waals surface area (Å²) in [5, 5.41) is 3.90. The molecular weight excluding hydrogens is 406 g/mol. The number of aryl methyl sites for hydroxylation is 1. The first-order valence-electron chi connectivity index (χ1n) is 11.2. The van der Waals surface area contributed by atoms with Crippen LogP contribution in [0.1, 0.15) is 54.3 Å². The first kappa shape index (κ1) is 22.1. The van der Waals surface area contributed by atoms with Crippen LogP contribution in [0.4, 0.5) is 5.82 Å². The van der Waals surface area contributed by atoms with E-state index in [-0.39, 0.29) is 11.8 Å². The molecule has 2 aromatic rings. The molecule has 31 heavy (non-hydrogen) atoms. The van der Waals surface area contributed by atoms with Crippen molar-refractivity contribution in [1.82, 2.24) is 20.2 Å². The molecule has 2 aliphatic heterocycles. The van der Waals surface area contributed by atoms with E-state index in [9.17, 15) is 4.79 Å². The summed E-state index contributed by atoms with van der Waals surface area (Å²) in [5.41, 5.74) is 4.75. The number of anilines is 1. The summed E-state index contributed by atoms with van der Waals surface area (Å²) in [6.45, 7) is 12.3. The van der Waals surface area contributed by atoms with Crippen molar-refractivity contribution in [3.8, 4) is 0 Å². The predicted octanol–water partition coefficient (Wildman–Crippen LogP) is 3.52. The first-order chi connectivity index (χ1) is 14.9. The Morgan fingerprint density at radius 3 is 2.55 bits per heavy atom. The number of rotatable bonds is 6. The Morgan fingerprint density at radius 2 is 1.87 bits per heavy atom. The monoisotopic (exact) mass is 439 g/mol. The number of carbonyl (C=O) groups excluding carboxylic acids is 1. The summed E-state index contributed by atoms with van der Waals surface area (Å²) in [4.78, 5) is 27.0. The van der Waals surface area contributed by atoms with Crippen LogP contribution in [0.5, 0.6) is 0 Å². The smallest absolute Gasteiger partial charge is 0.231 e. The van der Waals surface area contributed by atoms with Crippen LogP contribution < -0.4 is 10.2 Å². The van der Waals surface area contributed by atoms with Gasteiger partial charge < -0.3 is 15.1 Å². The van der Waals surface area contributed by atoms with Gasteiger partial charge in [0.1, 0.15) is 12.1 Å². The Hall–Kier alpha value is -2.12. The minimum absolute atomic E-state index is 0.158. The summed E-state index contributed by atoms with van der Waals surface area (Å²) in [7, 11) is 0. The first-order valence-corrected chi connectivity index (χ1v) is 12.3. The fraction of sp³-hybridized carbons (Fsp3) is 0.542. The Morgan fingerprint density at radius 1 is 1.16 bits per heavy atom. The number of nitrogens with zero attached hydrogens (tertiary/aromatic N) is 4. The molecule has 166 valence electrons. The van der Waals surface area contributed by atoms with Gasteiger partial charge in [0.2, 0.25) is 5.91 Å². The van der Waals surface area contributed by atoms with E-state index in [2.05, 4.69) is 72.1 Å². The van der Waals surface area contributed by atoms with Gasteiger partial charge in [-0.2, -0.15) is 0 Å². The van der Waals surface area contributed by atoms with Gasteiger partial charge in [0, 0.05) is 55.3 Å². The maximum atomic E-state index is 13.5. The Balaban J connectivity index is 1.46. The van der Waals surface area contributed by atoms with Gasteiger partial charge in [-0.25, -0.2) is 9.97 Å². The molecule has 3 heterocycles. The number of amides is 1. The van der Waals surface area contributed by atoms with Gasteiger partial charge in [-0.1, -0.05) is 43.7 Å². The lowest BCUT2D eigenvalue weighted by atomic mass is 9.95. The standard InChI is InChI=1S/C24H33N5OS/c1-16(2)25-13-20(19-7-5-17(3)6-8-19)24(30)29-11-9-28(10-12-29)23-22-18(4)31-14-21(22)26-15-27-23/h5-8,15-16,18,20,25H,9-14H2,1-4H3. The number of fused-ring (bicyclic) bond motifs is 1. The SMILES string of the molecule is Cc1ccc(C(CNC(C)C)C(=O)N2CCN(c3ncnc4c3C(C)SC4)CC2)cc1. The highest BCUT2D eigenvalue weighted by Gasteiger charge is 2.32. The van der Waals surface area contributed by atoms with E-state index in [0.29, 0.717) is 17.8 Å². The second kappa shape index (κ2) is 9.57. The van der Waals surface area contributed by atoms with E-state index in [4.69, 9.17) is 0 Å². The molecule has 1 aromatic carbocycles. The molecule has 6 nitrogen and oxygen atoms in total. The number of piperazine rings is 1. The third kappa shape index (κ3) is 4.88. The second-order valence-corrected chi connectivity index (χ2v) is 10.2. The fourth-order valence-corrected chi connectivity index (χ4v) is 5.40. The summed E-state index contributed by atoms with van der Waals surface area (Å²) < 4.78 is 0. The molecule has 0 saturated carbocycles. The van der Waals surface area contributed by atoms with Crippen molar-refractivity contribution >= 4 is 23.5 Å². The Kier molecular flexibility index (Phi) is 6.82. The third-order valence-electron chi connectivity index (χ3n) is 6.22. The molecule has 1 saturated heterocycles. The minimum Gasteiger partial charge on any atom is -0.353 e. The molecule has 1 aromatic heterocycles.